The van der Waals surface area contributed by atoms with Crippen LogP contribution in [0.5, 0.6) is 5.75 Å². The van der Waals surface area contributed by atoms with Crippen LogP contribution >= 0.6 is 11.3 Å². The van der Waals surface area contributed by atoms with E-state index in [1.165, 1.54) is 18.4 Å². The van der Waals surface area contributed by atoms with Crippen LogP contribution in [-0.4, -0.2) is 21.2 Å². The van der Waals surface area contributed by atoms with Crippen LogP contribution in [0.3, 0.4) is 0 Å². The molecule has 0 bridgehead atoms. The minimum atomic E-state index is -3.18. The van der Waals surface area contributed by atoms with Crippen molar-refractivity contribution in [2.45, 2.75) is 11.0 Å². The van der Waals surface area contributed by atoms with Crippen molar-refractivity contribution in [2.24, 2.45) is 5.73 Å². The molecule has 0 radical (unpaired) electrons. The van der Waals surface area contributed by atoms with Crippen LogP contribution in [-0.2, 0) is 9.84 Å². The van der Waals surface area contributed by atoms with Crippen LogP contribution in [0.15, 0.2) is 46.0 Å². The van der Waals surface area contributed by atoms with E-state index in [0.717, 1.165) is 5.56 Å². The highest BCUT2D eigenvalue weighted by atomic mass is 32.2. The molecular formula is C13H15NO3S2. The molecule has 6 heteroatoms. The Labute approximate surface area is 116 Å². The van der Waals surface area contributed by atoms with Gasteiger partial charge in [-0.1, -0.05) is 0 Å². The fourth-order valence-electron chi connectivity index (χ4n) is 1.64. The second-order valence-electron chi connectivity index (χ2n) is 4.14. The second kappa shape index (κ2) is 5.73. The Kier molecular flexibility index (Phi) is 4.24. The zero-order valence-corrected chi connectivity index (χ0v) is 12.1. The first kappa shape index (κ1) is 14.0. The molecule has 2 rings (SSSR count). The Hall–Kier alpha value is -1.37. The molecule has 0 fully saturated rings. The van der Waals surface area contributed by atoms with E-state index in [9.17, 15) is 8.42 Å². The van der Waals surface area contributed by atoms with E-state index in [4.69, 9.17) is 10.5 Å². The summed E-state index contributed by atoms with van der Waals surface area (Å²) >= 11 is 1.58. The molecule has 1 aromatic heterocycles. The van der Waals surface area contributed by atoms with Crippen LogP contribution in [0, 0.1) is 0 Å². The largest absolute Gasteiger partial charge is 0.484 e. The van der Waals surface area contributed by atoms with Crippen molar-refractivity contribution < 1.29 is 13.2 Å². The highest BCUT2D eigenvalue weighted by Gasteiger charge is 2.13. The smallest absolute Gasteiger partial charge is 0.175 e. The molecule has 102 valence electrons. The van der Waals surface area contributed by atoms with Gasteiger partial charge in [0.05, 0.1) is 4.90 Å². The molecule has 1 unspecified atom stereocenters. The number of hydrogen-bond acceptors (Lipinski definition) is 5. The van der Waals surface area contributed by atoms with Crippen molar-refractivity contribution in [1.29, 1.82) is 0 Å². The lowest BCUT2D eigenvalue weighted by molar-refractivity contribution is 0.214. The number of nitrogens with two attached hydrogens (primary N) is 1. The number of thiophene rings is 1. The lowest BCUT2D eigenvalue weighted by Crippen LogP contribution is -2.17. The van der Waals surface area contributed by atoms with E-state index in [2.05, 4.69) is 0 Å². The summed E-state index contributed by atoms with van der Waals surface area (Å²) in [5, 5.41) is 3.95. The van der Waals surface area contributed by atoms with E-state index < -0.39 is 9.84 Å². The SMILES string of the molecule is CS(=O)(=O)c1ccc(OC(CN)c2ccsc2)cc1. The van der Waals surface area contributed by atoms with Gasteiger partial charge in [0.1, 0.15) is 11.9 Å². The van der Waals surface area contributed by atoms with Crippen LogP contribution in [0.1, 0.15) is 11.7 Å². The van der Waals surface area contributed by atoms with Crippen molar-refractivity contribution in [1.82, 2.24) is 0 Å². The maximum absolute atomic E-state index is 11.3. The van der Waals surface area contributed by atoms with Gasteiger partial charge in [-0.3, -0.25) is 0 Å². The van der Waals surface area contributed by atoms with Crippen LogP contribution in [0.25, 0.3) is 0 Å². The van der Waals surface area contributed by atoms with Crippen molar-refractivity contribution in [3.63, 3.8) is 0 Å². The molecule has 0 aliphatic heterocycles. The van der Waals surface area contributed by atoms with E-state index >= 15 is 0 Å². The number of rotatable bonds is 5. The van der Waals surface area contributed by atoms with Gasteiger partial charge < -0.3 is 10.5 Å². The summed E-state index contributed by atoms with van der Waals surface area (Å²) in [5.74, 6) is 0.606. The molecule has 1 aromatic carbocycles. The maximum atomic E-state index is 11.3. The number of benzene rings is 1. The normalized spacial score (nSPS) is 13.2. The van der Waals surface area contributed by atoms with E-state index in [1.807, 2.05) is 16.8 Å². The van der Waals surface area contributed by atoms with Crippen molar-refractivity contribution in [3.05, 3.63) is 46.7 Å². The van der Waals surface area contributed by atoms with Gasteiger partial charge in [-0.05, 0) is 41.1 Å². The standard InChI is InChI=1S/C13H15NO3S2/c1-19(15,16)12-4-2-11(3-5-12)17-13(8-14)10-6-7-18-9-10/h2-7,9,13H,8,14H2,1H3. The van der Waals surface area contributed by atoms with Crippen molar-refractivity contribution in [3.8, 4) is 5.75 Å². The molecule has 2 N–H and O–H groups in total. The molecule has 4 nitrogen and oxygen atoms in total. The van der Waals surface area contributed by atoms with Crippen molar-refractivity contribution >= 4 is 21.2 Å². The minimum Gasteiger partial charge on any atom is -0.484 e. The van der Waals surface area contributed by atoms with E-state index in [0.29, 0.717) is 12.3 Å². The van der Waals surface area contributed by atoms with E-state index in [-0.39, 0.29) is 11.0 Å². The summed E-state index contributed by atoms with van der Waals surface area (Å²) in [4.78, 5) is 0.277. The fourth-order valence-corrected chi connectivity index (χ4v) is 2.97. The predicted molar refractivity (Wildman–Crippen MR) is 76.3 cm³/mol. The Bertz CT molecular complexity index is 618. The third-order valence-electron chi connectivity index (χ3n) is 2.66. The summed E-state index contributed by atoms with van der Waals surface area (Å²) in [7, 11) is -3.18. The quantitative estimate of drug-likeness (QED) is 0.919. The Morgan fingerprint density at radius 1 is 1.26 bits per heavy atom. The Morgan fingerprint density at radius 3 is 2.42 bits per heavy atom. The van der Waals surface area contributed by atoms with Gasteiger partial charge in [0.15, 0.2) is 9.84 Å². The highest BCUT2D eigenvalue weighted by molar-refractivity contribution is 7.90. The summed E-state index contributed by atoms with van der Waals surface area (Å²) in [5.41, 5.74) is 6.72. The summed E-state index contributed by atoms with van der Waals surface area (Å²) in [6.07, 6.45) is 0.965. The van der Waals surface area contributed by atoms with E-state index in [1.54, 1.807) is 23.5 Å². The van der Waals surface area contributed by atoms with Gasteiger partial charge >= 0.3 is 0 Å². The van der Waals surface area contributed by atoms with Gasteiger partial charge in [-0.2, -0.15) is 11.3 Å². The van der Waals surface area contributed by atoms with Crippen molar-refractivity contribution in [2.75, 3.05) is 12.8 Å². The molecule has 1 heterocycles. The molecular weight excluding hydrogens is 282 g/mol. The molecule has 2 aromatic rings. The van der Waals surface area contributed by atoms with Gasteiger partial charge in [-0.15, -0.1) is 0 Å². The number of ether oxygens (including phenoxy) is 1. The number of hydrogen-bond donors (Lipinski definition) is 1. The average molecular weight is 297 g/mol. The summed E-state index contributed by atoms with van der Waals surface area (Å²) in [6.45, 7) is 0.366. The molecule has 0 aliphatic carbocycles. The van der Waals surface area contributed by atoms with Crippen LogP contribution in [0.2, 0.25) is 0 Å². The topological polar surface area (TPSA) is 69.4 Å². The highest BCUT2D eigenvalue weighted by Crippen LogP contribution is 2.24. The zero-order valence-electron chi connectivity index (χ0n) is 10.4. The molecule has 19 heavy (non-hydrogen) atoms. The zero-order chi connectivity index (χ0) is 13.9. The lowest BCUT2D eigenvalue weighted by Gasteiger charge is -2.16. The first-order valence-corrected chi connectivity index (χ1v) is 8.53. The monoisotopic (exact) mass is 297 g/mol. The second-order valence-corrected chi connectivity index (χ2v) is 6.94. The summed E-state index contributed by atoms with van der Waals surface area (Å²) < 4.78 is 28.5. The molecule has 1 atom stereocenters. The molecule has 0 amide bonds. The minimum absolute atomic E-state index is 0.213. The fraction of sp³-hybridized carbons (Fsp3) is 0.231. The van der Waals surface area contributed by atoms with Crippen LogP contribution < -0.4 is 10.5 Å². The lowest BCUT2D eigenvalue weighted by atomic mass is 10.2. The van der Waals surface area contributed by atoms with Gasteiger partial charge in [-0.25, -0.2) is 8.42 Å². The third kappa shape index (κ3) is 3.56. The molecule has 0 saturated heterocycles. The summed E-state index contributed by atoms with van der Waals surface area (Å²) in [6, 6.07) is 8.32. The van der Waals surface area contributed by atoms with Gasteiger partial charge in [0.2, 0.25) is 0 Å². The van der Waals surface area contributed by atoms with Crippen LogP contribution in [0.4, 0.5) is 0 Å². The molecule has 0 saturated carbocycles. The number of sulfone groups is 1. The average Bonchev–Trinajstić information content (AvgIpc) is 2.89. The molecule has 0 aliphatic rings. The first-order valence-electron chi connectivity index (χ1n) is 5.69. The van der Waals surface area contributed by atoms with Gasteiger partial charge in [0.25, 0.3) is 0 Å². The molecule has 0 spiro atoms. The first-order chi connectivity index (χ1) is 9.00. The predicted octanol–water partition coefficient (Wildman–Crippen LogP) is 2.23. The maximum Gasteiger partial charge on any atom is 0.175 e. The third-order valence-corrected chi connectivity index (χ3v) is 4.49. The Balaban J connectivity index is 2.15. The Morgan fingerprint density at radius 2 is 1.95 bits per heavy atom. The van der Waals surface area contributed by atoms with Gasteiger partial charge in [0, 0.05) is 18.4 Å².